The van der Waals surface area contributed by atoms with Gasteiger partial charge in [-0.25, -0.2) is 4.79 Å². The Bertz CT molecular complexity index is 429. The van der Waals surface area contributed by atoms with Gasteiger partial charge in [-0.2, -0.15) is 0 Å². The predicted molar refractivity (Wildman–Crippen MR) is 67.9 cm³/mol. The fraction of sp³-hybridized carbons (Fsp3) is 0.385. The molecule has 0 bridgehead atoms. The zero-order valence-corrected chi connectivity index (χ0v) is 10.6. The van der Waals surface area contributed by atoms with Crippen molar-refractivity contribution in [3.8, 4) is 5.75 Å². The van der Waals surface area contributed by atoms with Crippen molar-refractivity contribution in [2.75, 3.05) is 13.2 Å². The lowest BCUT2D eigenvalue weighted by Crippen LogP contribution is -2.43. The van der Waals surface area contributed by atoms with Crippen molar-refractivity contribution in [1.29, 1.82) is 0 Å². The van der Waals surface area contributed by atoms with Gasteiger partial charge in [-0.15, -0.1) is 0 Å². The normalized spacial score (nSPS) is 11.7. The molecule has 1 amide bonds. The Morgan fingerprint density at radius 1 is 1.32 bits per heavy atom. The number of rotatable bonds is 7. The van der Waals surface area contributed by atoms with Crippen molar-refractivity contribution in [2.45, 2.75) is 19.4 Å². The third kappa shape index (κ3) is 5.39. The van der Waals surface area contributed by atoms with Gasteiger partial charge in [0.15, 0.2) is 6.61 Å². The number of benzene rings is 1. The first-order valence-electron chi connectivity index (χ1n) is 5.85. The van der Waals surface area contributed by atoms with E-state index in [9.17, 15) is 9.59 Å². The summed E-state index contributed by atoms with van der Waals surface area (Å²) in [5, 5.41) is 19.8. The molecule has 0 spiro atoms. The minimum absolute atomic E-state index is 0.0361. The first-order chi connectivity index (χ1) is 9.02. The Balaban J connectivity index is 2.42. The summed E-state index contributed by atoms with van der Waals surface area (Å²) in [6, 6.07) is 6.05. The van der Waals surface area contributed by atoms with Gasteiger partial charge in [0, 0.05) is 13.0 Å². The van der Waals surface area contributed by atoms with Crippen LogP contribution in [0.15, 0.2) is 24.3 Å². The molecule has 0 saturated carbocycles. The molecule has 0 fully saturated rings. The Morgan fingerprint density at radius 2 is 1.95 bits per heavy atom. The number of aryl methyl sites for hydroxylation is 1. The molecule has 1 rings (SSSR count). The minimum atomic E-state index is -1.18. The first kappa shape index (κ1) is 15.0. The molecule has 0 aliphatic carbocycles. The van der Waals surface area contributed by atoms with Crippen LogP contribution in [-0.2, 0) is 9.59 Å². The minimum Gasteiger partial charge on any atom is -0.484 e. The molecule has 0 aliphatic rings. The molecule has 0 heterocycles. The van der Waals surface area contributed by atoms with E-state index in [0.717, 1.165) is 5.56 Å². The number of carboxylic acid groups (broad SMARTS) is 1. The maximum absolute atomic E-state index is 11.5. The number of hydrogen-bond acceptors (Lipinski definition) is 4. The first-order valence-corrected chi connectivity index (χ1v) is 5.85. The van der Waals surface area contributed by atoms with Gasteiger partial charge in [0.05, 0.1) is 0 Å². The molecule has 0 aromatic heterocycles. The van der Waals surface area contributed by atoms with Crippen LogP contribution in [0.5, 0.6) is 5.75 Å². The van der Waals surface area contributed by atoms with Crippen molar-refractivity contribution >= 4 is 11.9 Å². The third-order valence-electron chi connectivity index (χ3n) is 2.44. The zero-order valence-electron chi connectivity index (χ0n) is 10.6. The molecule has 0 aliphatic heterocycles. The molecule has 6 nitrogen and oxygen atoms in total. The Morgan fingerprint density at radius 3 is 2.47 bits per heavy atom. The second-order valence-corrected chi connectivity index (χ2v) is 4.07. The van der Waals surface area contributed by atoms with E-state index < -0.39 is 17.9 Å². The van der Waals surface area contributed by atoms with Crippen molar-refractivity contribution < 1.29 is 24.5 Å². The second kappa shape index (κ2) is 7.38. The van der Waals surface area contributed by atoms with Crippen LogP contribution >= 0.6 is 0 Å². The predicted octanol–water partition coefficient (Wildman–Crippen LogP) is 0.326. The number of amides is 1. The van der Waals surface area contributed by atoms with Crippen molar-refractivity contribution in [3.63, 3.8) is 0 Å². The molecule has 6 heteroatoms. The van der Waals surface area contributed by atoms with Gasteiger partial charge in [0.2, 0.25) is 0 Å². The van der Waals surface area contributed by atoms with E-state index in [4.69, 9.17) is 14.9 Å². The van der Waals surface area contributed by atoms with E-state index in [1.54, 1.807) is 12.1 Å². The topological polar surface area (TPSA) is 95.9 Å². The number of aliphatic hydroxyl groups is 1. The van der Waals surface area contributed by atoms with E-state index in [1.807, 2.05) is 19.1 Å². The van der Waals surface area contributed by atoms with Gasteiger partial charge in [0.1, 0.15) is 11.8 Å². The molecule has 1 aromatic carbocycles. The average Bonchev–Trinajstić information content (AvgIpc) is 2.37. The number of ether oxygens (including phenoxy) is 1. The number of carbonyl (C=O) groups excluding carboxylic acids is 1. The van der Waals surface area contributed by atoms with Crippen molar-refractivity contribution in [2.24, 2.45) is 0 Å². The highest BCUT2D eigenvalue weighted by molar-refractivity contribution is 5.84. The molecular weight excluding hydrogens is 250 g/mol. The zero-order chi connectivity index (χ0) is 14.3. The quantitative estimate of drug-likeness (QED) is 0.661. The molecule has 0 radical (unpaired) electrons. The number of hydrogen-bond donors (Lipinski definition) is 3. The fourth-order valence-corrected chi connectivity index (χ4v) is 1.41. The summed E-state index contributed by atoms with van der Waals surface area (Å²) < 4.78 is 5.21. The molecule has 104 valence electrons. The van der Waals surface area contributed by atoms with Crippen LogP contribution in [0.2, 0.25) is 0 Å². The number of carboxylic acids is 1. The van der Waals surface area contributed by atoms with Gasteiger partial charge in [-0.1, -0.05) is 17.7 Å². The van der Waals surface area contributed by atoms with Crippen molar-refractivity contribution in [1.82, 2.24) is 5.32 Å². The highest BCUT2D eigenvalue weighted by Gasteiger charge is 2.19. The van der Waals surface area contributed by atoms with Crippen LogP contribution < -0.4 is 10.1 Å². The lowest BCUT2D eigenvalue weighted by Gasteiger charge is -2.13. The lowest BCUT2D eigenvalue weighted by molar-refractivity contribution is -0.142. The second-order valence-electron chi connectivity index (χ2n) is 4.07. The van der Waals surface area contributed by atoms with E-state index in [0.29, 0.717) is 5.75 Å². The molecule has 3 N–H and O–H groups in total. The molecular formula is C13H17NO5. The van der Waals surface area contributed by atoms with E-state index in [1.165, 1.54) is 0 Å². The summed E-state index contributed by atoms with van der Waals surface area (Å²) in [4.78, 5) is 22.3. The maximum atomic E-state index is 11.5. The van der Waals surface area contributed by atoms with Crippen LogP contribution in [0, 0.1) is 6.92 Å². The molecule has 1 aromatic rings. The highest BCUT2D eigenvalue weighted by Crippen LogP contribution is 2.10. The van der Waals surface area contributed by atoms with E-state index in [-0.39, 0.29) is 19.6 Å². The standard InChI is InChI=1S/C13H17NO5/c1-9-2-4-10(5-3-9)19-8-12(16)14-11(6-7-15)13(17)18/h2-5,11,15H,6-8H2,1H3,(H,14,16)(H,17,18). The molecule has 1 atom stereocenters. The number of nitrogens with one attached hydrogen (secondary N) is 1. The summed E-state index contributed by atoms with van der Waals surface area (Å²) in [7, 11) is 0. The molecule has 1 unspecified atom stereocenters. The monoisotopic (exact) mass is 267 g/mol. The lowest BCUT2D eigenvalue weighted by atomic mass is 10.2. The molecule has 0 saturated heterocycles. The summed E-state index contributed by atoms with van der Waals surface area (Å²) in [5.41, 5.74) is 1.07. The van der Waals surface area contributed by atoms with Crippen LogP contribution in [0.1, 0.15) is 12.0 Å². The van der Waals surface area contributed by atoms with E-state index in [2.05, 4.69) is 5.32 Å². The van der Waals surface area contributed by atoms with Crippen LogP contribution in [-0.4, -0.2) is 41.3 Å². The third-order valence-corrected chi connectivity index (χ3v) is 2.44. The maximum Gasteiger partial charge on any atom is 0.326 e. The number of aliphatic hydroxyl groups excluding tert-OH is 1. The molecule has 19 heavy (non-hydrogen) atoms. The summed E-state index contributed by atoms with van der Waals surface area (Å²) >= 11 is 0. The van der Waals surface area contributed by atoms with Crippen molar-refractivity contribution in [3.05, 3.63) is 29.8 Å². The fourth-order valence-electron chi connectivity index (χ4n) is 1.41. The summed E-state index contributed by atoms with van der Waals surface area (Å²) in [6.07, 6.45) is -0.0361. The van der Waals surface area contributed by atoms with Gasteiger partial charge in [0.25, 0.3) is 5.91 Å². The van der Waals surface area contributed by atoms with Gasteiger partial charge in [-0.3, -0.25) is 4.79 Å². The highest BCUT2D eigenvalue weighted by atomic mass is 16.5. The summed E-state index contributed by atoms with van der Waals surface area (Å²) in [6.45, 7) is 1.36. The summed E-state index contributed by atoms with van der Waals surface area (Å²) in [5.74, 6) is -1.19. The Hall–Kier alpha value is -2.08. The Labute approximate surface area is 111 Å². The van der Waals surface area contributed by atoms with Gasteiger partial charge < -0.3 is 20.3 Å². The number of aliphatic carboxylic acids is 1. The van der Waals surface area contributed by atoms with Crippen LogP contribution in [0.4, 0.5) is 0 Å². The largest absolute Gasteiger partial charge is 0.484 e. The SMILES string of the molecule is Cc1ccc(OCC(=O)NC(CCO)C(=O)O)cc1. The van der Waals surface area contributed by atoms with Crippen LogP contribution in [0.3, 0.4) is 0 Å². The average molecular weight is 267 g/mol. The Kier molecular flexibility index (Phi) is 5.81. The smallest absolute Gasteiger partial charge is 0.326 e. The van der Waals surface area contributed by atoms with Crippen LogP contribution in [0.25, 0.3) is 0 Å². The number of carbonyl (C=O) groups is 2. The van der Waals surface area contributed by atoms with Gasteiger partial charge in [-0.05, 0) is 19.1 Å². The van der Waals surface area contributed by atoms with Gasteiger partial charge >= 0.3 is 5.97 Å². The van der Waals surface area contributed by atoms with E-state index >= 15 is 0 Å².